The summed E-state index contributed by atoms with van der Waals surface area (Å²) in [5.41, 5.74) is 2.82. The Morgan fingerprint density at radius 1 is 1.05 bits per heavy atom. The zero-order valence-electron chi connectivity index (χ0n) is 11.5. The van der Waals surface area contributed by atoms with E-state index >= 15 is 0 Å². The summed E-state index contributed by atoms with van der Waals surface area (Å²) >= 11 is 6.04. The number of para-hydroxylation sites is 2. The number of nitro benzene ring substituents is 1. The average molecular weight is 303 g/mol. The van der Waals surface area contributed by atoms with E-state index < -0.39 is 4.92 Å². The van der Waals surface area contributed by atoms with Crippen LogP contribution in [-0.2, 0) is 6.42 Å². The van der Waals surface area contributed by atoms with Crippen molar-refractivity contribution in [2.45, 2.75) is 19.3 Å². The third-order valence-electron chi connectivity index (χ3n) is 3.80. The molecule has 0 radical (unpaired) electrons. The van der Waals surface area contributed by atoms with Crippen molar-refractivity contribution in [3.8, 4) is 0 Å². The van der Waals surface area contributed by atoms with Crippen molar-refractivity contribution < 1.29 is 4.92 Å². The fourth-order valence-corrected chi connectivity index (χ4v) is 3.08. The van der Waals surface area contributed by atoms with Crippen LogP contribution in [0.1, 0.15) is 18.4 Å². The van der Waals surface area contributed by atoms with E-state index in [0.717, 1.165) is 31.5 Å². The Morgan fingerprint density at radius 3 is 2.62 bits per heavy atom. The molecule has 0 atom stereocenters. The van der Waals surface area contributed by atoms with Crippen LogP contribution >= 0.6 is 11.6 Å². The predicted molar refractivity (Wildman–Crippen MR) is 84.5 cm³/mol. The summed E-state index contributed by atoms with van der Waals surface area (Å²) in [5, 5.41) is 11.6. The molecule has 2 aromatic carbocycles. The Labute approximate surface area is 128 Å². The molecule has 21 heavy (non-hydrogen) atoms. The van der Waals surface area contributed by atoms with E-state index in [-0.39, 0.29) is 10.7 Å². The molecule has 2 aromatic rings. The number of nitrogens with zero attached hydrogens (tertiary/aromatic N) is 2. The maximum absolute atomic E-state index is 11.4. The van der Waals surface area contributed by atoms with Crippen molar-refractivity contribution in [1.82, 2.24) is 0 Å². The van der Waals surface area contributed by atoms with E-state index in [1.807, 2.05) is 23.1 Å². The number of nitro groups is 1. The van der Waals surface area contributed by atoms with Crippen LogP contribution in [0.3, 0.4) is 0 Å². The molecular formula is C16H15ClN2O2. The molecule has 1 heterocycles. The maximum Gasteiger partial charge on any atom is 0.311 e. The highest BCUT2D eigenvalue weighted by Gasteiger charge is 2.26. The summed E-state index contributed by atoms with van der Waals surface area (Å²) in [4.78, 5) is 13.0. The number of benzene rings is 2. The summed E-state index contributed by atoms with van der Waals surface area (Å²) in [6, 6.07) is 13.2. The summed E-state index contributed by atoms with van der Waals surface area (Å²) < 4.78 is 0. The van der Waals surface area contributed by atoms with Crippen LogP contribution < -0.4 is 4.90 Å². The van der Waals surface area contributed by atoms with Gasteiger partial charge in [0.2, 0.25) is 0 Å². The zero-order valence-corrected chi connectivity index (χ0v) is 12.2. The predicted octanol–water partition coefficient (Wildman–Crippen LogP) is 4.72. The maximum atomic E-state index is 11.4. The molecule has 0 fully saturated rings. The lowest BCUT2D eigenvalue weighted by Crippen LogP contribution is -2.19. The van der Waals surface area contributed by atoms with E-state index in [1.165, 1.54) is 5.56 Å². The Bertz CT molecular complexity index is 688. The van der Waals surface area contributed by atoms with Crippen molar-refractivity contribution >= 4 is 28.7 Å². The van der Waals surface area contributed by atoms with E-state index in [4.69, 9.17) is 11.6 Å². The molecule has 0 unspecified atom stereocenters. The molecule has 0 aliphatic carbocycles. The molecule has 0 saturated carbocycles. The van der Waals surface area contributed by atoms with Gasteiger partial charge in [-0.05, 0) is 43.0 Å². The molecule has 0 N–H and O–H groups in total. The fraction of sp³-hybridized carbons (Fsp3) is 0.250. The highest BCUT2D eigenvalue weighted by atomic mass is 35.5. The number of aryl methyl sites for hydroxylation is 1. The monoisotopic (exact) mass is 302 g/mol. The first kappa shape index (κ1) is 13.9. The van der Waals surface area contributed by atoms with Gasteiger partial charge in [0.15, 0.2) is 0 Å². The Kier molecular flexibility index (Phi) is 3.80. The van der Waals surface area contributed by atoms with E-state index in [9.17, 15) is 10.1 Å². The third kappa shape index (κ3) is 2.59. The summed E-state index contributed by atoms with van der Waals surface area (Å²) in [7, 11) is 0. The van der Waals surface area contributed by atoms with Gasteiger partial charge >= 0.3 is 5.69 Å². The molecule has 4 nitrogen and oxygen atoms in total. The number of anilines is 2. The first-order chi connectivity index (χ1) is 10.2. The van der Waals surface area contributed by atoms with Crippen LogP contribution in [-0.4, -0.2) is 11.5 Å². The molecule has 1 aliphatic heterocycles. The first-order valence-electron chi connectivity index (χ1n) is 6.97. The van der Waals surface area contributed by atoms with Crippen molar-refractivity contribution in [2.75, 3.05) is 11.4 Å². The molecule has 3 rings (SSSR count). The van der Waals surface area contributed by atoms with Crippen LogP contribution in [0, 0.1) is 10.1 Å². The second-order valence-corrected chi connectivity index (χ2v) is 5.51. The van der Waals surface area contributed by atoms with Crippen LogP contribution in [0.5, 0.6) is 0 Å². The lowest BCUT2D eigenvalue weighted by Gasteiger charge is -2.25. The van der Waals surface area contributed by atoms with Crippen LogP contribution in [0.25, 0.3) is 0 Å². The molecular weight excluding hydrogens is 288 g/mol. The van der Waals surface area contributed by atoms with Crippen LogP contribution in [0.15, 0.2) is 42.5 Å². The number of hydrogen-bond donors (Lipinski definition) is 0. The highest BCUT2D eigenvalue weighted by molar-refractivity contribution is 6.33. The van der Waals surface area contributed by atoms with Crippen LogP contribution in [0.2, 0.25) is 5.02 Å². The molecule has 0 aromatic heterocycles. The minimum Gasteiger partial charge on any atom is -0.336 e. The van der Waals surface area contributed by atoms with Gasteiger partial charge in [0.25, 0.3) is 0 Å². The molecule has 0 bridgehead atoms. The first-order valence-corrected chi connectivity index (χ1v) is 7.34. The highest BCUT2D eigenvalue weighted by Crippen LogP contribution is 2.40. The largest absolute Gasteiger partial charge is 0.336 e. The van der Waals surface area contributed by atoms with Gasteiger partial charge in [-0.1, -0.05) is 35.9 Å². The summed E-state index contributed by atoms with van der Waals surface area (Å²) in [5.74, 6) is 0. The minimum atomic E-state index is -0.398. The van der Waals surface area contributed by atoms with Gasteiger partial charge in [0, 0.05) is 12.2 Å². The Balaban J connectivity index is 2.17. The number of rotatable bonds is 2. The molecule has 0 spiro atoms. The quantitative estimate of drug-likeness (QED) is 0.595. The van der Waals surface area contributed by atoms with Crippen molar-refractivity contribution in [1.29, 1.82) is 0 Å². The van der Waals surface area contributed by atoms with E-state index in [2.05, 4.69) is 6.07 Å². The number of fused-ring (bicyclic) bond motifs is 1. The van der Waals surface area contributed by atoms with Crippen molar-refractivity contribution in [3.63, 3.8) is 0 Å². The van der Waals surface area contributed by atoms with Gasteiger partial charge in [0.1, 0.15) is 10.7 Å². The smallest absolute Gasteiger partial charge is 0.311 e. The molecule has 1 aliphatic rings. The normalized spacial score (nSPS) is 14.4. The SMILES string of the molecule is O=[N+]([O-])c1c(Cl)cccc1N1CCCCc2ccccc21. The second kappa shape index (κ2) is 5.74. The second-order valence-electron chi connectivity index (χ2n) is 5.10. The molecule has 0 saturated heterocycles. The third-order valence-corrected chi connectivity index (χ3v) is 4.10. The van der Waals surface area contributed by atoms with E-state index in [0.29, 0.717) is 5.69 Å². The topological polar surface area (TPSA) is 46.4 Å². The molecule has 108 valence electrons. The van der Waals surface area contributed by atoms with Gasteiger partial charge in [-0.3, -0.25) is 10.1 Å². The number of hydrogen-bond acceptors (Lipinski definition) is 3. The summed E-state index contributed by atoms with van der Waals surface area (Å²) in [6.45, 7) is 0.762. The Hall–Kier alpha value is -2.07. The van der Waals surface area contributed by atoms with Crippen LogP contribution in [0.4, 0.5) is 17.1 Å². The van der Waals surface area contributed by atoms with Gasteiger partial charge in [-0.25, -0.2) is 0 Å². The summed E-state index contributed by atoms with van der Waals surface area (Å²) in [6.07, 6.45) is 3.08. The molecule has 5 heteroatoms. The van der Waals surface area contributed by atoms with Crippen molar-refractivity contribution in [3.05, 3.63) is 63.2 Å². The lowest BCUT2D eigenvalue weighted by atomic mass is 10.1. The minimum absolute atomic E-state index is 0.0177. The van der Waals surface area contributed by atoms with Gasteiger partial charge in [0.05, 0.1) is 4.92 Å². The standard InChI is InChI=1S/C16H15ClN2O2/c17-13-8-5-10-15(16(13)19(20)21)18-11-4-3-7-12-6-1-2-9-14(12)18/h1-2,5-6,8-10H,3-4,7,11H2. The zero-order chi connectivity index (χ0) is 14.8. The number of halogens is 1. The van der Waals surface area contributed by atoms with Crippen molar-refractivity contribution in [2.24, 2.45) is 0 Å². The fourth-order valence-electron chi connectivity index (χ4n) is 2.84. The van der Waals surface area contributed by atoms with E-state index in [1.54, 1.807) is 18.2 Å². The Morgan fingerprint density at radius 2 is 1.81 bits per heavy atom. The average Bonchev–Trinajstić information content (AvgIpc) is 2.68. The van der Waals surface area contributed by atoms with Gasteiger partial charge < -0.3 is 4.90 Å². The van der Waals surface area contributed by atoms with Gasteiger partial charge in [-0.15, -0.1) is 0 Å². The lowest BCUT2D eigenvalue weighted by molar-refractivity contribution is -0.383. The molecule has 0 amide bonds. The van der Waals surface area contributed by atoms with Gasteiger partial charge in [-0.2, -0.15) is 0 Å².